The number of nitrogens with zero attached hydrogens (tertiary/aromatic N) is 3. The van der Waals surface area contributed by atoms with E-state index in [1.807, 2.05) is 17.8 Å². The molecule has 0 bridgehead atoms. The van der Waals surface area contributed by atoms with Crippen molar-refractivity contribution in [1.29, 1.82) is 5.26 Å². The van der Waals surface area contributed by atoms with Gasteiger partial charge in [-0.15, -0.1) is 0 Å². The molecule has 1 saturated heterocycles. The zero-order valence-corrected chi connectivity index (χ0v) is 19.7. The fourth-order valence-electron chi connectivity index (χ4n) is 5.32. The number of rotatable bonds is 4. The third kappa shape index (κ3) is 4.55. The van der Waals surface area contributed by atoms with Crippen LogP contribution in [0.3, 0.4) is 0 Å². The van der Waals surface area contributed by atoms with E-state index in [-0.39, 0.29) is 11.7 Å². The molecule has 1 unspecified atom stereocenters. The first-order chi connectivity index (χ1) is 14.4. The molecule has 3 aliphatic rings. The summed E-state index contributed by atoms with van der Waals surface area (Å²) in [6, 6.07) is 7.38. The van der Waals surface area contributed by atoms with Gasteiger partial charge in [-0.3, -0.25) is 0 Å². The molecule has 4 rings (SSSR count). The van der Waals surface area contributed by atoms with Crippen LogP contribution in [0.25, 0.3) is 0 Å². The van der Waals surface area contributed by atoms with E-state index in [1.54, 1.807) is 0 Å². The highest BCUT2D eigenvalue weighted by molar-refractivity contribution is 8.14. The lowest BCUT2D eigenvalue weighted by atomic mass is 9.87. The molecule has 0 spiro atoms. The second-order valence-electron chi connectivity index (χ2n) is 9.96. The molecule has 1 aromatic carbocycles. The Morgan fingerprint density at radius 3 is 2.50 bits per heavy atom. The van der Waals surface area contributed by atoms with Gasteiger partial charge in [0.1, 0.15) is 0 Å². The molecule has 2 fully saturated rings. The van der Waals surface area contributed by atoms with E-state index in [0.717, 1.165) is 35.0 Å². The summed E-state index contributed by atoms with van der Waals surface area (Å²) in [6.45, 7) is 8.65. The second-order valence-corrected chi connectivity index (χ2v) is 10.9. The second kappa shape index (κ2) is 8.93. The summed E-state index contributed by atoms with van der Waals surface area (Å²) < 4.78 is 6.38. The molecule has 1 heterocycles. The van der Waals surface area contributed by atoms with Crippen LogP contribution in [-0.2, 0) is 17.6 Å². The molecular formula is C25H35N3OS. The summed E-state index contributed by atoms with van der Waals surface area (Å²) in [6.07, 6.45) is 9.72. The van der Waals surface area contributed by atoms with Gasteiger partial charge in [0, 0.05) is 11.8 Å². The van der Waals surface area contributed by atoms with Crippen LogP contribution < -0.4 is 0 Å². The first kappa shape index (κ1) is 21.7. The molecule has 0 N–H and O–H groups in total. The number of aliphatic imine (C=N–C) groups is 1. The minimum atomic E-state index is -0.141. The Kier molecular flexibility index (Phi) is 6.46. The van der Waals surface area contributed by atoms with E-state index in [4.69, 9.17) is 9.73 Å². The van der Waals surface area contributed by atoms with E-state index in [2.05, 4.69) is 44.7 Å². The molecular weight excluding hydrogens is 390 g/mol. The highest BCUT2D eigenvalue weighted by atomic mass is 32.2. The molecule has 162 valence electrons. The first-order valence-corrected chi connectivity index (χ1v) is 12.6. The fraction of sp³-hybridized carbons (Fsp3) is 0.680. The zero-order valence-electron chi connectivity index (χ0n) is 18.9. The monoisotopic (exact) mass is 425 g/mol. The molecule has 1 aromatic rings. The van der Waals surface area contributed by atoms with Crippen molar-refractivity contribution in [3.8, 4) is 6.07 Å². The molecule has 1 aliphatic heterocycles. The van der Waals surface area contributed by atoms with Gasteiger partial charge in [0.25, 0.3) is 0 Å². The van der Waals surface area contributed by atoms with Crippen LogP contribution in [0.4, 0.5) is 5.69 Å². The van der Waals surface area contributed by atoms with Crippen molar-refractivity contribution in [2.45, 2.75) is 103 Å². The summed E-state index contributed by atoms with van der Waals surface area (Å²) >= 11 is 1.89. The van der Waals surface area contributed by atoms with Crippen molar-refractivity contribution in [2.75, 3.05) is 5.75 Å². The van der Waals surface area contributed by atoms with Crippen LogP contribution in [0.5, 0.6) is 0 Å². The molecule has 5 heteroatoms. The number of hydrogen-bond acceptors (Lipinski definition) is 4. The third-order valence-electron chi connectivity index (χ3n) is 6.61. The Morgan fingerprint density at radius 1 is 1.13 bits per heavy atom. The standard InChI is InChI=1S/C25H35N3OS/c1-17(29-25(2,3)4)23-16-30-24(28(23)19-9-5-6-10-19)27-22-14-13-18(15-26)20-11-7-8-12-21(20)22/h13-14,17,19,23H,5-12,16H2,1-4H3/t17-,23?/m1/s1. The number of nitriles is 1. The topological polar surface area (TPSA) is 48.6 Å². The van der Waals surface area contributed by atoms with Gasteiger partial charge in [0.05, 0.1) is 35.1 Å². The van der Waals surface area contributed by atoms with Crippen molar-refractivity contribution < 1.29 is 4.74 Å². The van der Waals surface area contributed by atoms with Gasteiger partial charge >= 0.3 is 0 Å². The van der Waals surface area contributed by atoms with Gasteiger partial charge in [-0.05, 0) is 89.5 Å². The van der Waals surface area contributed by atoms with Gasteiger partial charge in [-0.25, -0.2) is 4.99 Å². The van der Waals surface area contributed by atoms with E-state index in [1.165, 1.54) is 49.7 Å². The Labute approximate surface area is 186 Å². The van der Waals surface area contributed by atoms with Crippen LogP contribution in [0.2, 0.25) is 0 Å². The van der Waals surface area contributed by atoms with Gasteiger partial charge in [0.15, 0.2) is 5.17 Å². The predicted molar refractivity (Wildman–Crippen MR) is 126 cm³/mol. The zero-order chi connectivity index (χ0) is 21.3. The van der Waals surface area contributed by atoms with Crippen molar-refractivity contribution in [3.63, 3.8) is 0 Å². The largest absolute Gasteiger partial charge is 0.371 e. The smallest absolute Gasteiger partial charge is 0.165 e. The van der Waals surface area contributed by atoms with Crippen molar-refractivity contribution in [1.82, 2.24) is 4.90 Å². The SMILES string of the molecule is C[C@@H](OC(C)(C)C)C1CSC(=Nc2ccc(C#N)c3c2CCCC3)N1C1CCCC1. The molecule has 0 radical (unpaired) electrons. The molecule has 4 nitrogen and oxygen atoms in total. The van der Waals surface area contributed by atoms with E-state index in [0.29, 0.717) is 12.1 Å². The molecule has 0 amide bonds. The lowest BCUT2D eigenvalue weighted by Crippen LogP contribution is -2.48. The molecule has 2 aliphatic carbocycles. The van der Waals surface area contributed by atoms with Crippen LogP contribution in [0.1, 0.15) is 82.9 Å². The highest BCUT2D eigenvalue weighted by Crippen LogP contribution is 2.39. The fourth-order valence-corrected chi connectivity index (χ4v) is 6.66. The van der Waals surface area contributed by atoms with E-state index >= 15 is 0 Å². The molecule has 2 atom stereocenters. The van der Waals surface area contributed by atoms with E-state index in [9.17, 15) is 5.26 Å². The molecule has 0 aromatic heterocycles. The summed E-state index contributed by atoms with van der Waals surface area (Å²) in [7, 11) is 0. The maximum absolute atomic E-state index is 9.53. The molecule has 30 heavy (non-hydrogen) atoms. The normalized spacial score (nSPS) is 24.8. The number of ether oxygens (including phenoxy) is 1. The van der Waals surface area contributed by atoms with Gasteiger partial charge in [-0.2, -0.15) is 5.26 Å². The minimum absolute atomic E-state index is 0.141. The van der Waals surface area contributed by atoms with Crippen molar-refractivity contribution in [3.05, 3.63) is 28.8 Å². The Hall–Kier alpha value is -1.51. The molecule has 1 saturated carbocycles. The summed E-state index contributed by atoms with van der Waals surface area (Å²) in [5.74, 6) is 1.03. The number of thioether (sulfide) groups is 1. The van der Waals surface area contributed by atoms with Gasteiger partial charge in [0.2, 0.25) is 0 Å². The number of benzene rings is 1. The van der Waals surface area contributed by atoms with Crippen molar-refractivity contribution >= 4 is 22.6 Å². The summed E-state index contributed by atoms with van der Waals surface area (Å²) in [4.78, 5) is 7.84. The minimum Gasteiger partial charge on any atom is -0.371 e. The Balaban J connectivity index is 1.67. The first-order valence-electron chi connectivity index (χ1n) is 11.6. The maximum atomic E-state index is 9.53. The lowest BCUT2D eigenvalue weighted by Gasteiger charge is -2.37. The van der Waals surface area contributed by atoms with Crippen LogP contribution in [0, 0.1) is 11.3 Å². The number of hydrogen-bond donors (Lipinski definition) is 0. The van der Waals surface area contributed by atoms with Crippen molar-refractivity contribution in [2.24, 2.45) is 4.99 Å². The third-order valence-corrected chi connectivity index (χ3v) is 7.68. The average Bonchev–Trinajstić information content (AvgIpc) is 3.36. The van der Waals surface area contributed by atoms with Gasteiger partial charge < -0.3 is 9.64 Å². The highest BCUT2D eigenvalue weighted by Gasteiger charge is 2.41. The lowest BCUT2D eigenvalue weighted by molar-refractivity contribution is -0.0763. The Morgan fingerprint density at radius 2 is 1.83 bits per heavy atom. The van der Waals surface area contributed by atoms with E-state index < -0.39 is 0 Å². The number of amidine groups is 1. The van der Waals surface area contributed by atoms with Crippen LogP contribution >= 0.6 is 11.8 Å². The van der Waals surface area contributed by atoms with Gasteiger partial charge in [-0.1, -0.05) is 24.6 Å². The predicted octanol–water partition coefficient (Wildman–Crippen LogP) is 5.99. The number of fused-ring (bicyclic) bond motifs is 1. The average molecular weight is 426 g/mol. The summed E-state index contributed by atoms with van der Waals surface area (Å²) in [5.41, 5.74) is 4.33. The quantitative estimate of drug-likeness (QED) is 0.595. The maximum Gasteiger partial charge on any atom is 0.165 e. The van der Waals surface area contributed by atoms with Crippen LogP contribution in [0.15, 0.2) is 17.1 Å². The Bertz CT molecular complexity index is 845. The summed E-state index contributed by atoms with van der Waals surface area (Å²) in [5, 5.41) is 10.7. The van der Waals surface area contributed by atoms with Crippen LogP contribution in [-0.4, -0.2) is 39.6 Å².